The minimum absolute atomic E-state index is 0.0527. The number of nitrogens with one attached hydrogen (secondary N) is 2. The van der Waals surface area contributed by atoms with E-state index in [-0.39, 0.29) is 29.0 Å². The fraction of sp³-hybridized carbons (Fsp3) is 0.400. The number of carbonyl (C=O) groups excluding carboxylic acids is 2. The predicted octanol–water partition coefficient (Wildman–Crippen LogP) is -0.233. The van der Waals surface area contributed by atoms with Crippen LogP contribution in [0.15, 0.2) is 6.07 Å². The molecule has 0 saturated heterocycles. The Hall–Kier alpha value is -2.18. The molecule has 2 rings (SSSR count). The highest BCUT2D eigenvalue weighted by Crippen LogP contribution is 2.30. The van der Waals surface area contributed by atoms with Crippen LogP contribution in [0.3, 0.4) is 0 Å². The largest absolute Gasteiger partial charge is 0.397 e. The lowest BCUT2D eigenvalue weighted by Gasteiger charge is -2.06. The molecule has 90 valence electrons. The van der Waals surface area contributed by atoms with Crippen molar-refractivity contribution in [1.82, 2.24) is 15.5 Å². The average molecular weight is 235 g/mol. The molecule has 0 atom stereocenters. The lowest BCUT2D eigenvalue weighted by Crippen LogP contribution is -2.22. The molecule has 4 N–H and O–H groups in total. The second-order valence-electron chi connectivity index (χ2n) is 3.88. The van der Waals surface area contributed by atoms with Gasteiger partial charge in [0, 0.05) is 19.0 Å². The van der Waals surface area contributed by atoms with E-state index in [1.807, 2.05) is 0 Å². The van der Waals surface area contributed by atoms with Crippen molar-refractivity contribution in [2.24, 2.45) is 5.92 Å². The molecule has 0 unspecified atom stereocenters. The smallest absolute Gasteiger partial charge is 0.273 e. The van der Waals surface area contributed by atoms with Gasteiger partial charge in [0.1, 0.15) is 0 Å². The highest BCUT2D eigenvalue weighted by atomic mass is 16.2. The van der Waals surface area contributed by atoms with Crippen molar-refractivity contribution in [3.05, 3.63) is 11.8 Å². The Morgan fingerprint density at radius 1 is 1.41 bits per heavy atom. The SMILES string of the molecule is CNC(=O)c1nnc(NC(=O)C2CC2)cc1N. The first kappa shape index (κ1) is 11.3. The van der Waals surface area contributed by atoms with E-state index in [1.54, 1.807) is 0 Å². The van der Waals surface area contributed by atoms with Crippen LogP contribution in [0.1, 0.15) is 23.3 Å². The molecule has 1 fully saturated rings. The zero-order chi connectivity index (χ0) is 12.4. The van der Waals surface area contributed by atoms with Gasteiger partial charge in [0.15, 0.2) is 11.5 Å². The van der Waals surface area contributed by atoms with E-state index in [2.05, 4.69) is 20.8 Å². The lowest BCUT2D eigenvalue weighted by atomic mass is 10.3. The van der Waals surface area contributed by atoms with Crippen molar-refractivity contribution in [2.45, 2.75) is 12.8 Å². The highest BCUT2D eigenvalue weighted by molar-refractivity contribution is 5.98. The van der Waals surface area contributed by atoms with Crippen LogP contribution in [0.5, 0.6) is 0 Å². The summed E-state index contributed by atoms with van der Waals surface area (Å²) in [7, 11) is 1.48. The molecule has 1 aliphatic carbocycles. The Labute approximate surface area is 97.8 Å². The van der Waals surface area contributed by atoms with Crippen LogP contribution in [0.2, 0.25) is 0 Å². The summed E-state index contributed by atoms with van der Waals surface area (Å²) in [4.78, 5) is 22.8. The number of hydrogen-bond donors (Lipinski definition) is 3. The Morgan fingerprint density at radius 2 is 2.12 bits per heavy atom. The molecular weight excluding hydrogens is 222 g/mol. The molecule has 0 aliphatic heterocycles. The van der Waals surface area contributed by atoms with Gasteiger partial charge in [-0.3, -0.25) is 9.59 Å². The molecule has 0 radical (unpaired) electrons. The topological polar surface area (TPSA) is 110 Å². The molecule has 2 amide bonds. The Kier molecular flexibility index (Phi) is 2.90. The predicted molar refractivity (Wildman–Crippen MR) is 61.2 cm³/mol. The van der Waals surface area contributed by atoms with Gasteiger partial charge in [0.25, 0.3) is 5.91 Å². The quantitative estimate of drug-likeness (QED) is 0.670. The summed E-state index contributed by atoms with van der Waals surface area (Å²) in [6.45, 7) is 0. The Balaban J connectivity index is 2.12. The molecular formula is C10H13N5O2. The number of anilines is 2. The molecule has 1 aromatic rings. The van der Waals surface area contributed by atoms with Gasteiger partial charge in [-0.2, -0.15) is 0 Å². The molecule has 1 aliphatic rings. The number of nitrogen functional groups attached to an aromatic ring is 1. The maximum atomic E-state index is 11.5. The molecule has 0 aromatic carbocycles. The van der Waals surface area contributed by atoms with Gasteiger partial charge in [0.2, 0.25) is 5.91 Å². The van der Waals surface area contributed by atoms with Crippen LogP contribution in [-0.2, 0) is 4.79 Å². The first-order valence-corrected chi connectivity index (χ1v) is 5.28. The number of nitrogens with zero attached hydrogens (tertiary/aromatic N) is 2. The molecule has 17 heavy (non-hydrogen) atoms. The Bertz CT molecular complexity index is 470. The average Bonchev–Trinajstić information content (AvgIpc) is 3.12. The number of aromatic nitrogens is 2. The summed E-state index contributed by atoms with van der Waals surface area (Å²) in [5.74, 6) is -0.134. The summed E-state index contributed by atoms with van der Waals surface area (Å²) >= 11 is 0. The number of hydrogen-bond acceptors (Lipinski definition) is 5. The monoisotopic (exact) mass is 235 g/mol. The van der Waals surface area contributed by atoms with E-state index in [4.69, 9.17) is 5.73 Å². The van der Waals surface area contributed by atoms with Crippen LogP contribution < -0.4 is 16.4 Å². The van der Waals surface area contributed by atoms with Crippen molar-refractivity contribution < 1.29 is 9.59 Å². The van der Waals surface area contributed by atoms with Gasteiger partial charge in [-0.1, -0.05) is 0 Å². The summed E-state index contributed by atoms with van der Waals surface area (Å²) in [5.41, 5.74) is 5.89. The van der Waals surface area contributed by atoms with E-state index >= 15 is 0 Å². The maximum Gasteiger partial charge on any atom is 0.273 e. The Morgan fingerprint density at radius 3 is 2.65 bits per heavy atom. The van der Waals surface area contributed by atoms with Crippen molar-refractivity contribution >= 4 is 23.3 Å². The van der Waals surface area contributed by atoms with Gasteiger partial charge < -0.3 is 16.4 Å². The lowest BCUT2D eigenvalue weighted by molar-refractivity contribution is -0.117. The third-order valence-corrected chi connectivity index (χ3v) is 2.46. The number of nitrogens with two attached hydrogens (primary N) is 1. The van der Waals surface area contributed by atoms with Gasteiger partial charge in [-0.05, 0) is 12.8 Å². The van der Waals surface area contributed by atoms with Gasteiger partial charge in [-0.15, -0.1) is 10.2 Å². The van der Waals surface area contributed by atoms with Gasteiger partial charge >= 0.3 is 0 Å². The minimum Gasteiger partial charge on any atom is -0.397 e. The standard InChI is InChI=1S/C10H13N5O2/c1-12-10(17)8-6(11)4-7(14-15-8)13-9(16)5-2-3-5/h4-5H,2-3H2,1H3,(H,12,17)(H3,11,13,14,16). The second kappa shape index (κ2) is 4.36. The van der Waals surface area contributed by atoms with Crippen molar-refractivity contribution in [1.29, 1.82) is 0 Å². The van der Waals surface area contributed by atoms with Crippen molar-refractivity contribution in [3.63, 3.8) is 0 Å². The molecule has 7 heteroatoms. The first-order chi connectivity index (χ1) is 8.11. The van der Waals surface area contributed by atoms with E-state index in [1.165, 1.54) is 13.1 Å². The normalized spacial score (nSPS) is 14.2. The molecule has 7 nitrogen and oxygen atoms in total. The second-order valence-corrected chi connectivity index (χ2v) is 3.88. The van der Waals surface area contributed by atoms with Crippen molar-refractivity contribution in [2.75, 3.05) is 18.1 Å². The number of amides is 2. The van der Waals surface area contributed by atoms with Crippen LogP contribution in [0.25, 0.3) is 0 Å². The zero-order valence-corrected chi connectivity index (χ0v) is 9.36. The fourth-order valence-corrected chi connectivity index (χ4v) is 1.34. The molecule has 1 saturated carbocycles. The summed E-state index contributed by atoms with van der Waals surface area (Å²) in [6.07, 6.45) is 1.82. The molecule has 0 spiro atoms. The maximum absolute atomic E-state index is 11.5. The van der Waals surface area contributed by atoms with E-state index < -0.39 is 5.91 Å². The molecule has 0 bridgehead atoms. The van der Waals surface area contributed by atoms with Crippen LogP contribution in [0.4, 0.5) is 11.5 Å². The summed E-state index contributed by atoms with van der Waals surface area (Å²) in [6, 6.07) is 1.43. The third-order valence-electron chi connectivity index (χ3n) is 2.46. The molecule has 1 heterocycles. The van der Waals surface area contributed by atoms with Gasteiger partial charge in [-0.25, -0.2) is 0 Å². The van der Waals surface area contributed by atoms with Gasteiger partial charge in [0.05, 0.1) is 5.69 Å². The van der Waals surface area contributed by atoms with E-state index in [0.29, 0.717) is 0 Å². The zero-order valence-electron chi connectivity index (χ0n) is 9.36. The van der Waals surface area contributed by atoms with Crippen LogP contribution >= 0.6 is 0 Å². The highest BCUT2D eigenvalue weighted by Gasteiger charge is 2.30. The third kappa shape index (κ3) is 2.49. The van der Waals surface area contributed by atoms with Crippen LogP contribution in [-0.4, -0.2) is 29.1 Å². The van der Waals surface area contributed by atoms with E-state index in [9.17, 15) is 9.59 Å². The minimum atomic E-state index is -0.407. The van der Waals surface area contributed by atoms with Crippen molar-refractivity contribution in [3.8, 4) is 0 Å². The summed E-state index contributed by atoms with van der Waals surface area (Å²) in [5, 5.41) is 12.4. The number of carbonyl (C=O) groups is 2. The number of rotatable bonds is 3. The molecule has 1 aromatic heterocycles. The fourth-order valence-electron chi connectivity index (χ4n) is 1.34. The van der Waals surface area contributed by atoms with Crippen LogP contribution in [0, 0.1) is 5.92 Å². The van der Waals surface area contributed by atoms with E-state index in [0.717, 1.165) is 12.8 Å². The summed E-state index contributed by atoms with van der Waals surface area (Å²) < 4.78 is 0. The first-order valence-electron chi connectivity index (χ1n) is 5.28.